The third kappa shape index (κ3) is 16.2. The molecule has 8 nitrogen and oxygen atoms in total. The van der Waals surface area contributed by atoms with Crippen molar-refractivity contribution in [2.45, 2.75) is 77.6 Å². The van der Waals surface area contributed by atoms with E-state index in [9.17, 15) is 14.4 Å². The van der Waals surface area contributed by atoms with E-state index in [1.165, 1.54) is 25.7 Å². The summed E-state index contributed by atoms with van der Waals surface area (Å²) in [6, 6.07) is 0. The first-order valence-corrected chi connectivity index (χ1v) is 8.08. The van der Waals surface area contributed by atoms with Crippen LogP contribution in [0.25, 0.3) is 0 Å². The van der Waals surface area contributed by atoms with E-state index < -0.39 is 11.9 Å². The van der Waals surface area contributed by atoms with E-state index >= 15 is 0 Å². The molecule has 0 saturated carbocycles. The van der Waals surface area contributed by atoms with Gasteiger partial charge in [-0.05, 0) is 19.3 Å². The van der Waals surface area contributed by atoms with Crippen LogP contribution in [0.2, 0.25) is 0 Å². The number of carboxylic acids is 2. The second-order valence-corrected chi connectivity index (χ2v) is 5.31. The Hall–Kier alpha value is -1.99. The smallest absolute Gasteiger partial charge is 0.305 e. The van der Waals surface area contributed by atoms with E-state index in [-0.39, 0.29) is 18.7 Å². The summed E-state index contributed by atoms with van der Waals surface area (Å²) in [5.74, 6) is -1.81. The van der Waals surface area contributed by atoms with E-state index in [0.29, 0.717) is 19.3 Å². The molecule has 0 amide bonds. The zero-order valence-electron chi connectivity index (χ0n) is 13.7. The highest BCUT2D eigenvalue weighted by atomic mass is 17.3. The number of carbonyl (C=O) groups excluding carboxylic acids is 1. The van der Waals surface area contributed by atoms with Gasteiger partial charge in [0.1, 0.15) is 0 Å². The van der Waals surface area contributed by atoms with E-state index in [4.69, 9.17) is 10.2 Å². The van der Waals surface area contributed by atoms with Crippen LogP contribution in [0.4, 0.5) is 0 Å². The zero-order valence-corrected chi connectivity index (χ0v) is 13.7. The molecule has 2 N–H and O–H groups in total. The standard InChI is InChI=1S/C9H17NO3.C6H10O4/c1-2-3-4-5-6-7-8-9(11)10-12-13-10;7-5(8)3-1-2-4-6(9)10/h2-8H2,1H3;1-4H2,(H,7,8)(H,9,10). The van der Waals surface area contributed by atoms with Crippen molar-refractivity contribution in [1.82, 2.24) is 4.91 Å². The Bertz CT molecular complexity index is 406. The van der Waals surface area contributed by atoms with Gasteiger partial charge < -0.3 is 10.2 Å². The molecule has 0 atom stereocenters. The largest absolute Gasteiger partial charge is 0.481 e. The highest BCUT2D eigenvalue weighted by Crippen LogP contribution is 2.08. The highest BCUT2D eigenvalue weighted by Gasteiger charge is 2.13. The Kier molecular flexibility index (Phi) is 12.5. The lowest BCUT2D eigenvalue weighted by atomic mass is 10.1. The average Bonchev–Trinajstić information content (AvgIpc) is 3.32. The van der Waals surface area contributed by atoms with E-state index in [2.05, 4.69) is 16.3 Å². The molecule has 1 heterocycles. The topological polar surface area (TPSA) is 123 Å². The minimum absolute atomic E-state index is 0.0628. The summed E-state index contributed by atoms with van der Waals surface area (Å²) >= 11 is 0. The summed E-state index contributed by atoms with van der Waals surface area (Å²) in [5, 5.41) is 16.3. The molecule has 1 aromatic heterocycles. The van der Waals surface area contributed by atoms with Crippen molar-refractivity contribution in [3.63, 3.8) is 0 Å². The Morgan fingerprint density at radius 3 is 1.61 bits per heavy atom. The third-order valence-electron chi connectivity index (χ3n) is 3.13. The summed E-state index contributed by atoms with van der Waals surface area (Å²) in [6.07, 6.45) is 8.67. The fourth-order valence-electron chi connectivity index (χ4n) is 1.80. The summed E-state index contributed by atoms with van der Waals surface area (Å²) < 4.78 is 8.50. The molecule has 23 heavy (non-hydrogen) atoms. The first-order valence-electron chi connectivity index (χ1n) is 8.08. The van der Waals surface area contributed by atoms with Gasteiger partial charge in [-0.25, -0.2) is 0 Å². The Morgan fingerprint density at radius 1 is 0.739 bits per heavy atom. The van der Waals surface area contributed by atoms with Crippen molar-refractivity contribution in [2.24, 2.45) is 0 Å². The number of nitrogens with zero attached hydrogens (tertiary/aromatic N) is 1. The van der Waals surface area contributed by atoms with Gasteiger partial charge in [0.25, 0.3) is 0 Å². The van der Waals surface area contributed by atoms with Crippen LogP contribution < -0.4 is 0 Å². The van der Waals surface area contributed by atoms with Gasteiger partial charge >= 0.3 is 17.8 Å². The zero-order chi connectivity index (χ0) is 17.5. The van der Waals surface area contributed by atoms with Gasteiger partial charge in [0, 0.05) is 19.3 Å². The van der Waals surface area contributed by atoms with Crippen LogP contribution >= 0.6 is 0 Å². The maximum atomic E-state index is 11.0. The molecule has 1 rings (SSSR count). The van der Waals surface area contributed by atoms with Crippen LogP contribution in [0.15, 0.2) is 9.36 Å². The van der Waals surface area contributed by atoms with E-state index in [1.807, 2.05) is 0 Å². The number of hydrogen-bond donors (Lipinski definition) is 2. The summed E-state index contributed by atoms with van der Waals surface area (Å²) in [6.45, 7) is 2.19. The van der Waals surface area contributed by atoms with Gasteiger partial charge in [0.15, 0.2) is 0 Å². The van der Waals surface area contributed by atoms with E-state index in [1.54, 1.807) is 0 Å². The monoisotopic (exact) mass is 333 g/mol. The number of rotatable bonds is 12. The molecule has 0 aliphatic heterocycles. The van der Waals surface area contributed by atoms with Gasteiger partial charge in [-0.1, -0.05) is 39.0 Å². The van der Waals surface area contributed by atoms with Gasteiger partial charge in [-0.3, -0.25) is 14.4 Å². The van der Waals surface area contributed by atoms with Crippen molar-refractivity contribution >= 4 is 17.8 Å². The molecule has 0 fully saturated rings. The van der Waals surface area contributed by atoms with Crippen molar-refractivity contribution in [2.75, 3.05) is 0 Å². The summed E-state index contributed by atoms with van der Waals surface area (Å²) in [7, 11) is 0. The fourth-order valence-corrected chi connectivity index (χ4v) is 1.80. The number of aromatic nitrogens is 1. The molecule has 134 valence electrons. The maximum Gasteiger partial charge on any atom is 0.305 e. The molecule has 0 aromatic carbocycles. The number of aliphatic carboxylic acids is 2. The van der Waals surface area contributed by atoms with Gasteiger partial charge in [-0.15, -0.1) is 9.36 Å². The molecule has 1 aromatic rings. The van der Waals surface area contributed by atoms with Crippen LogP contribution in [-0.2, 0) is 9.59 Å². The molecule has 8 heteroatoms. The minimum Gasteiger partial charge on any atom is -0.481 e. The Morgan fingerprint density at radius 2 is 1.17 bits per heavy atom. The molecule has 0 bridgehead atoms. The molecule has 0 unspecified atom stereocenters. The predicted octanol–water partition coefficient (Wildman–Crippen LogP) is 3.78. The normalized spacial score (nSPS) is 10.1. The lowest BCUT2D eigenvalue weighted by Crippen LogP contribution is -2.00. The fraction of sp³-hybridized carbons (Fsp3) is 0.800. The van der Waals surface area contributed by atoms with Crippen molar-refractivity contribution in [1.29, 1.82) is 0 Å². The Balaban J connectivity index is 0.000000438. The second-order valence-electron chi connectivity index (χ2n) is 5.31. The lowest BCUT2D eigenvalue weighted by molar-refractivity contribution is -0.139. The van der Waals surface area contributed by atoms with Crippen molar-refractivity contribution < 1.29 is 34.0 Å². The molecule has 0 spiro atoms. The van der Waals surface area contributed by atoms with Crippen LogP contribution in [0, 0.1) is 0 Å². The summed E-state index contributed by atoms with van der Waals surface area (Å²) in [5.41, 5.74) is 0. The van der Waals surface area contributed by atoms with Crippen LogP contribution in [-0.4, -0.2) is 33.0 Å². The summed E-state index contributed by atoms with van der Waals surface area (Å²) in [4.78, 5) is 31.7. The molecule has 0 saturated heterocycles. The van der Waals surface area contributed by atoms with Gasteiger partial charge in [0.2, 0.25) is 0 Å². The van der Waals surface area contributed by atoms with Crippen molar-refractivity contribution in [3.05, 3.63) is 0 Å². The molecule has 0 aliphatic rings. The van der Waals surface area contributed by atoms with Gasteiger partial charge in [-0.2, -0.15) is 0 Å². The van der Waals surface area contributed by atoms with Crippen molar-refractivity contribution in [3.8, 4) is 0 Å². The quantitative estimate of drug-likeness (QED) is 0.440. The maximum absolute atomic E-state index is 11.0. The SMILES string of the molecule is CCCCCCCCC(=O)n1oo1.O=C(O)CCCCC(=O)O. The van der Waals surface area contributed by atoms with E-state index in [0.717, 1.165) is 17.8 Å². The van der Waals surface area contributed by atoms with Crippen LogP contribution in [0.1, 0.15) is 82.3 Å². The third-order valence-corrected chi connectivity index (χ3v) is 3.13. The first kappa shape index (κ1) is 21.0. The molecule has 0 aliphatic carbocycles. The number of hydrogen-bond acceptors (Lipinski definition) is 5. The Labute approximate surface area is 135 Å². The minimum atomic E-state index is -0.870. The van der Waals surface area contributed by atoms with Crippen LogP contribution in [0.3, 0.4) is 0 Å². The average molecular weight is 333 g/mol. The number of carbonyl (C=O) groups is 3. The van der Waals surface area contributed by atoms with Crippen LogP contribution in [0.5, 0.6) is 0 Å². The molecular weight excluding hydrogens is 306 g/mol. The molecular formula is C15H27NO7. The molecule has 0 radical (unpaired) electrons. The second kappa shape index (κ2) is 13.7. The lowest BCUT2D eigenvalue weighted by Gasteiger charge is -1.96. The predicted molar refractivity (Wildman–Crippen MR) is 81.3 cm³/mol. The number of unbranched alkanes of at least 4 members (excludes halogenated alkanes) is 6. The first-order chi connectivity index (χ1) is 11.0. The number of carboxylic acid groups (broad SMARTS) is 2. The van der Waals surface area contributed by atoms with Gasteiger partial charge in [0.05, 0.1) is 4.91 Å². The highest BCUT2D eigenvalue weighted by molar-refractivity contribution is 5.75.